The summed E-state index contributed by atoms with van der Waals surface area (Å²) in [6.07, 6.45) is 0. The second kappa shape index (κ2) is 5.46. The summed E-state index contributed by atoms with van der Waals surface area (Å²) in [7, 11) is 0. The number of fused-ring (bicyclic) bond motifs is 1. The maximum Gasteiger partial charge on any atom is 0.185 e. The number of hydrogen-bond donors (Lipinski definition) is 1. The summed E-state index contributed by atoms with van der Waals surface area (Å²) in [5, 5.41) is 3.91. The Kier molecular flexibility index (Phi) is 3.67. The number of thiazole rings is 1. The molecular weight excluding hydrogens is 346 g/mol. The summed E-state index contributed by atoms with van der Waals surface area (Å²) in [5.74, 6) is -1.75. The number of halogens is 3. The SMILES string of the molecule is Fc1ccc2sc(CNc3ccc(Br)cc3)nc2c1F. The van der Waals surface area contributed by atoms with Crippen LogP contribution in [0.15, 0.2) is 40.9 Å². The molecule has 1 heterocycles. The van der Waals surface area contributed by atoms with E-state index in [1.165, 1.54) is 11.3 Å². The molecule has 0 unspecified atom stereocenters. The summed E-state index contributed by atoms with van der Waals surface area (Å²) < 4.78 is 28.3. The molecule has 0 fully saturated rings. The van der Waals surface area contributed by atoms with Crippen LogP contribution in [0.3, 0.4) is 0 Å². The van der Waals surface area contributed by atoms with Crippen molar-refractivity contribution in [2.45, 2.75) is 6.54 Å². The Morgan fingerprint density at radius 3 is 2.60 bits per heavy atom. The molecule has 20 heavy (non-hydrogen) atoms. The van der Waals surface area contributed by atoms with Gasteiger partial charge in [0.1, 0.15) is 10.5 Å². The highest BCUT2D eigenvalue weighted by molar-refractivity contribution is 9.10. The van der Waals surface area contributed by atoms with Crippen molar-refractivity contribution in [2.75, 3.05) is 5.32 Å². The van der Waals surface area contributed by atoms with E-state index < -0.39 is 11.6 Å². The Hall–Kier alpha value is -1.53. The Morgan fingerprint density at radius 1 is 1.10 bits per heavy atom. The molecular formula is C14H9BrF2N2S. The standard InChI is InChI=1S/C14H9BrF2N2S/c15-8-1-3-9(4-2-8)18-7-12-19-14-11(20-12)6-5-10(16)13(14)17/h1-6,18H,7H2. The van der Waals surface area contributed by atoms with Gasteiger partial charge in [-0.05, 0) is 36.4 Å². The highest BCUT2D eigenvalue weighted by Crippen LogP contribution is 2.26. The molecule has 1 aromatic heterocycles. The van der Waals surface area contributed by atoms with E-state index in [0.717, 1.165) is 16.2 Å². The highest BCUT2D eigenvalue weighted by atomic mass is 79.9. The predicted molar refractivity (Wildman–Crippen MR) is 81.0 cm³/mol. The second-order valence-corrected chi connectivity index (χ2v) is 6.21. The minimum atomic E-state index is -0.881. The molecule has 0 aliphatic carbocycles. The average molecular weight is 355 g/mol. The summed E-state index contributed by atoms with van der Waals surface area (Å²) >= 11 is 4.72. The van der Waals surface area contributed by atoms with E-state index >= 15 is 0 Å². The highest BCUT2D eigenvalue weighted by Gasteiger charge is 2.12. The first-order valence-corrected chi connectivity index (χ1v) is 7.47. The first kappa shape index (κ1) is 13.5. The van der Waals surface area contributed by atoms with Gasteiger partial charge in [-0.3, -0.25) is 0 Å². The molecule has 2 aromatic carbocycles. The summed E-state index contributed by atoms with van der Waals surface area (Å²) in [4.78, 5) is 4.14. The van der Waals surface area contributed by atoms with Gasteiger partial charge in [0.2, 0.25) is 0 Å². The van der Waals surface area contributed by atoms with Gasteiger partial charge in [-0.2, -0.15) is 0 Å². The Balaban J connectivity index is 1.81. The van der Waals surface area contributed by atoms with Crippen LogP contribution in [0.25, 0.3) is 10.2 Å². The summed E-state index contributed by atoms with van der Waals surface area (Å²) in [6, 6.07) is 10.4. The molecule has 1 N–H and O–H groups in total. The number of rotatable bonds is 3. The third-order valence-corrected chi connectivity index (χ3v) is 4.33. The lowest BCUT2D eigenvalue weighted by molar-refractivity contribution is 0.515. The number of aromatic nitrogens is 1. The van der Waals surface area contributed by atoms with Gasteiger partial charge in [0.05, 0.1) is 11.2 Å². The van der Waals surface area contributed by atoms with Crippen LogP contribution in [0, 0.1) is 11.6 Å². The minimum Gasteiger partial charge on any atom is -0.379 e. The molecule has 102 valence electrons. The zero-order chi connectivity index (χ0) is 14.1. The molecule has 6 heteroatoms. The van der Waals surface area contributed by atoms with E-state index in [2.05, 4.69) is 26.2 Å². The van der Waals surface area contributed by atoms with Crippen LogP contribution in [0.2, 0.25) is 0 Å². The number of nitrogens with one attached hydrogen (secondary N) is 1. The fraction of sp³-hybridized carbons (Fsp3) is 0.0714. The number of hydrogen-bond acceptors (Lipinski definition) is 3. The first-order valence-electron chi connectivity index (χ1n) is 5.86. The molecule has 2 nitrogen and oxygen atoms in total. The monoisotopic (exact) mass is 354 g/mol. The van der Waals surface area contributed by atoms with Crippen LogP contribution < -0.4 is 5.32 Å². The lowest BCUT2D eigenvalue weighted by atomic mass is 10.3. The van der Waals surface area contributed by atoms with Crippen LogP contribution in [-0.2, 0) is 6.54 Å². The maximum atomic E-state index is 13.6. The molecule has 0 saturated heterocycles. The van der Waals surface area contributed by atoms with E-state index in [1.807, 2.05) is 24.3 Å². The van der Waals surface area contributed by atoms with Crippen LogP contribution in [0.5, 0.6) is 0 Å². The zero-order valence-corrected chi connectivity index (χ0v) is 12.6. The molecule has 0 aliphatic rings. The first-order chi connectivity index (χ1) is 9.63. The molecule has 0 spiro atoms. The molecule has 0 amide bonds. The van der Waals surface area contributed by atoms with Gasteiger partial charge in [0.25, 0.3) is 0 Å². The van der Waals surface area contributed by atoms with Crippen molar-refractivity contribution in [3.05, 3.63) is 57.5 Å². The zero-order valence-electron chi connectivity index (χ0n) is 10.2. The van der Waals surface area contributed by atoms with E-state index in [1.54, 1.807) is 6.07 Å². The van der Waals surface area contributed by atoms with Gasteiger partial charge in [-0.25, -0.2) is 13.8 Å². The Bertz CT molecular complexity index is 756. The topological polar surface area (TPSA) is 24.9 Å². The van der Waals surface area contributed by atoms with Crippen molar-refractivity contribution < 1.29 is 8.78 Å². The lowest BCUT2D eigenvalue weighted by Crippen LogP contribution is -1.98. The average Bonchev–Trinajstić information content (AvgIpc) is 2.86. The van der Waals surface area contributed by atoms with Crippen LogP contribution in [0.1, 0.15) is 5.01 Å². The predicted octanol–water partition coefficient (Wildman–Crippen LogP) is 4.95. The van der Waals surface area contributed by atoms with E-state index in [4.69, 9.17) is 0 Å². The largest absolute Gasteiger partial charge is 0.379 e. The van der Waals surface area contributed by atoms with Gasteiger partial charge < -0.3 is 5.32 Å². The molecule has 0 atom stereocenters. The lowest BCUT2D eigenvalue weighted by Gasteiger charge is -2.03. The summed E-state index contributed by atoms with van der Waals surface area (Å²) in [5.41, 5.74) is 1.04. The van der Waals surface area contributed by atoms with Gasteiger partial charge in [0.15, 0.2) is 11.6 Å². The van der Waals surface area contributed by atoms with Crippen molar-refractivity contribution in [1.29, 1.82) is 0 Å². The molecule has 0 bridgehead atoms. The Labute approximate surface area is 126 Å². The van der Waals surface area contributed by atoms with Crippen LogP contribution in [-0.4, -0.2) is 4.98 Å². The smallest absolute Gasteiger partial charge is 0.185 e. The van der Waals surface area contributed by atoms with Gasteiger partial charge >= 0.3 is 0 Å². The third kappa shape index (κ3) is 2.66. The molecule has 3 rings (SSSR count). The maximum absolute atomic E-state index is 13.6. The van der Waals surface area contributed by atoms with Gasteiger partial charge in [0, 0.05) is 10.2 Å². The molecule has 3 aromatic rings. The van der Waals surface area contributed by atoms with Gasteiger partial charge in [-0.1, -0.05) is 15.9 Å². The number of nitrogens with zero attached hydrogens (tertiary/aromatic N) is 1. The van der Waals surface area contributed by atoms with Gasteiger partial charge in [-0.15, -0.1) is 11.3 Å². The van der Waals surface area contributed by atoms with Crippen molar-refractivity contribution in [3.8, 4) is 0 Å². The third-order valence-electron chi connectivity index (χ3n) is 2.78. The Morgan fingerprint density at radius 2 is 1.85 bits per heavy atom. The van der Waals surface area contributed by atoms with E-state index in [-0.39, 0.29) is 5.52 Å². The van der Waals surface area contributed by atoms with Crippen LogP contribution in [0.4, 0.5) is 14.5 Å². The molecule has 0 saturated carbocycles. The van der Waals surface area contributed by atoms with Crippen molar-refractivity contribution in [2.24, 2.45) is 0 Å². The minimum absolute atomic E-state index is 0.0996. The second-order valence-electron chi connectivity index (χ2n) is 4.18. The summed E-state index contributed by atoms with van der Waals surface area (Å²) in [6.45, 7) is 0.474. The normalized spacial score (nSPS) is 10.9. The molecule has 0 radical (unpaired) electrons. The van der Waals surface area contributed by atoms with Crippen LogP contribution >= 0.6 is 27.3 Å². The van der Waals surface area contributed by atoms with E-state index in [9.17, 15) is 8.78 Å². The van der Waals surface area contributed by atoms with Crippen molar-refractivity contribution in [3.63, 3.8) is 0 Å². The quantitative estimate of drug-likeness (QED) is 0.719. The van der Waals surface area contributed by atoms with Crippen molar-refractivity contribution in [1.82, 2.24) is 4.98 Å². The fourth-order valence-corrected chi connectivity index (χ4v) is 2.97. The number of benzene rings is 2. The molecule has 0 aliphatic heterocycles. The fourth-order valence-electron chi connectivity index (χ4n) is 1.80. The van der Waals surface area contributed by atoms with Crippen molar-refractivity contribution >= 4 is 43.2 Å². The van der Waals surface area contributed by atoms with E-state index in [0.29, 0.717) is 16.3 Å². The number of anilines is 1.